The zero-order valence-corrected chi connectivity index (χ0v) is 11.1. The summed E-state index contributed by atoms with van der Waals surface area (Å²) in [6, 6.07) is 8.67. The molecule has 1 heterocycles. The number of rotatable bonds is 5. The van der Waals surface area contributed by atoms with Gasteiger partial charge in [0.2, 0.25) is 5.76 Å². The van der Waals surface area contributed by atoms with Gasteiger partial charge in [0.15, 0.2) is 5.78 Å². The highest BCUT2D eigenvalue weighted by atomic mass is 16.6. The molecule has 0 radical (unpaired) electrons. The number of nitro benzene ring substituents is 1. The number of carbonyl (C=O) groups is 2. The average molecular weight is 289 g/mol. The molecule has 0 fully saturated rings. The van der Waals surface area contributed by atoms with Crippen LogP contribution in [0.15, 0.2) is 40.8 Å². The number of hydrogen-bond acceptors (Lipinski definition) is 6. The number of ether oxygens (including phenoxy) is 1. The van der Waals surface area contributed by atoms with Crippen molar-refractivity contribution in [3.8, 4) is 11.3 Å². The standard InChI is InChI=1S/C14H11NO6/c1-9(16)8-20-14(17)13-7-6-12(21-13)10-2-4-11(5-3-10)15(18)19/h2-7H,8H2,1H3. The molecule has 0 aliphatic rings. The largest absolute Gasteiger partial charge is 0.452 e. The van der Waals surface area contributed by atoms with Crippen LogP contribution < -0.4 is 0 Å². The van der Waals surface area contributed by atoms with E-state index >= 15 is 0 Å². The van der Waals surface area contributed by atoms with E-state index in [1.165, 1.54) is 37.3 Å². The Bertz CT molecular complexity index is 686. The van der Waals surface area contributed by atoms with Crippen LogP contribution in [0, 0.1) is 10.1 Å². The van der Waals surface area contributed by atoms with E-state index in [-0.39, 0.29) is 23.8 Å². The first-order chi connectivity index (χ1) is 9.97. The van der Waals surface area contributed by atoms with Crippen LogP contribution in [0.4, 0.5) is 5.69 Å². The Morgan fingerprint density at radius 3 is 2.43 bits per heavy atom. The second-order valence-electron chi connectivity index (χ2n) is 4.25. The van der Waals surface area contributed by atoms with Crippen LogP contribution in [0.5, 0.6) is 0 Å². The highest BCUT2D eigenvalue weighted by Gasteiger charge is 2.15. The van der Waals surface area contributed by atoms with Crippen molar-refractivity contribution in [3.05, 3.63) is 52.3 Å². The Labute approximate surface area is 119 Å². The zero-order chi connectivity index (χ0) is 15.4. The van der Waals surface area contributed by atoms with E-state index in [9.17, 15) is 19.7 Å². The van der Waals surface area contributed by atoms with Crippen molar-refractivity contribution in [3.63, 3.8) is 0 Å². The molecular formula is C14H11NO6. The molecule has 2 rings (SSSR count). The number of non-ortho nitro benzene ring substituents is 1. The summed E-state index contributed by atoms with van der Waals surface area (Å²) in [5.41, 5.74) is 0.553. The summed E-state index contributed by atoms with van der Waals surface area (Å²) in [7, 11) is 0. The summed E-state index contributed by atoms with van der Waals surface area (Å²) in [6.45, 7) is 0.990. The Morgan fingerprint density at radius 2 is 1.86 bits per heavy atom. The maximum Gasteiger partial charge on any atom is 0.374 e. The topological polar surface area (TPSA) is 99.7 Å². The number of furan rings is 1. The molecule has 0 atom stereocenters. The van der Waals surface area contributed by atoms with E-state index in [0.717, 1.165) is 0 Å². The van der Waals surface area contributed by atoms with E-state index < -0.39 is 10.9 Å². The molecule has 7 nitrogen and oxygen atoms in total. The first-order valence-electron chi connectivity index (χ1n) is 5.98. The predicted octanol–water partition coefficient (Wildman–Crippen LogP) is 2.60. The third-order valence-corrected chi connectivity index (χ3v) is 2.58. The molecule has 0 spiro atoms. The molecule has 2 aromatic rings. The second-order valence-corrected chi connectivity index (χ2v) is 4.25. The number of Topliss-reactive ketones (excluding diaryl/α,β-unsaturated/α-hetero) is 1. The molecule has 0 unspecified atom stereocenters. The van der Waals surface area contributed by atoms with Gasteiger partial charge >= 0.3 is 5.97 Å². The maximum atomic E-state index is 11.6. The van der Waals surface area contributed by atoms with Crippen molar-refractivity contribution in [2.45, 2.75) is 6.92 Å². The number of benzene rings is 1. The number of carbonyl (C=O) groups excluding carboxylic acids is 2. The summed E-state index contributed by atoms with van der Waals surface area (Å²) in [5, 5.41) is 10.6. The van der Waals surface area contributed by atoms with Gasteiger partial charge in [-0.1, -0.05) is 0 Å². The molecule has 0 saturated carbocycles. The van der Waals surface area contributed by atoms with Gasteiger partial charge in [0.25, 0.3) is 5.69 Å². The number of ketones is 1. The summed E-state index contributed by atoms with van der Waals surface area (Å²) >= 11 is 0. The van der Waals surface area contributed by atoms with Crippen LogP contribution in [0.2, 0.25) is 0 Å². The average Bonchev–Trinajstić information content (AvgIpc) is 2.94. The third-order valence-electron chi connectivity index (χ3n) is 2.58. The molecule has 0 bridgehead atoms. The van der Waals surface area contributed by atoms with Crippen molar-refractivity contribution in [2.75, 3.05) is 6.61 Å². The Balaban J connectivity index is 2.13. The fourth-order valence-corrected chi connectivity index (χ4v) is 1.59. The SMILES string of the molecule is CC(=O)COC(=O)c1ccc(-c2ccc([N+](=O)[O-])cc2)o1. The summed E-state index contributed by atoms with van der Waals surface area (Å²) in [4.78, 5) is 32.4. The lowest BCUT2D eigenvalue weighted by Gasteiger charge is -1.99. The number of hydrogen-bond donors (Lipinski definition) is 0. The Morgan fingerprint density at radius 1 is 1.19 bits per heavy atom. The van der Waals surface area contributed by atoms with Gasteiger partial charge in [-0.25, -0.2) is 4.79 Å². The molecule has 1 aromatic heterocycles. The second kappa shape index (κ2) is 6.00. The predicted molar refractivity (Wildman–Crippen MR) is 71.8 cm³/mol. The first-order valence-corrected chi connectivity index (χ1v) is 5.98. The molecule has 108 valence electrons. The monoisotopic (exact) mass is 289 g/mol. The fourth-order valence-electron chi connectivity index (χ4n) is 1.59. The smallest absolute Gasteiger partial charge is 0.374 e. The summed E-state index contributed by atoms with van der Waals surface area (Å²) in [5.74, 6) is -0.673. The van der Waals surface area contributed by atoms with Crippen LogP contribution in [0.25, 0.3) is 11.3 Å². The van der Waals surface area contributed by atoms with Crippen molar-refractivity contribution < 1.29 is 23.7 Å². The number of nitrogens with zero attached hydrogens (tertiary/aromatic N) is 1. The van der Waals surface area contributed by atoms with Crippen molar-refractivity contribution in [2.24, 2.45) is 0 Å². The van der Waals surface area contributed by atoms with E-state index in [1.54, 1.807) is 6.07 Å². The lowest BCUT2D eigenvalue weighted by atomic mass is 10.1. The minimum absolute atomic E-state index is 0.0357. The quantitative estimate of drug-likeness (QED) is 0.476. The van der Waals surface area contributed by atoms with Crippen LogP contribution in [-0.2, 0) is 9.53 Å². The zero-order valence-electron chi connectivity index (χ0n) is 11.1. The van der Waals surface area contributed by atoms with Crippen LogP contribution in [0.3, 0.4) is 0 Å². The van der Waals surface area contributed by atoms with Crippen LogP contribution in [0.1, 0.15) is 17.5 Å². The van der Waals surface area contributed by atoms with Crippen LogP contribution >= 0.6 is 0 Å². The molecule has 0 aliphatic heterocycles. The van der Waals surface area contributed by atoms with Gasteiger partial charge in [0.05, 0.1) is 4.92 Å². The highest BCUT2D eigenvalue weighted by molar-refractivity contribution is 5.89. The van der Waals surface area contributed by atoms with Gasteiger partial charge in [0, 0.05) is 17.7 Å². The van der Waals surface area contributed by atoms with Gasteiger partial charge in [-0.05, 0) is 31.2 Å². The van der Waals surface area contributed by atoms with Crippen molar-refractivity contribution in [1.29, 1.82) is 0 Å². The minimum atomic E-state index is -0.738. The molecule has 0 N–H and O–H groups in total. The van der Waals surface area contributed by atoms with E-state index in [1.807, 2.05) is 0 Å². The molecular weight excluding hydrogens is 278 g/mol. The van der Waals surface area contributed by atoms with Crippen LogP contribution in [-0.4, -0.2) is 23.3 Å². The number of nitro groups is 1. The molecule has 1 aromatic carbocycles. The third kappa shape index (κ3) is 3.53. The molecule has 7 heteroatoms. The van der Waals surface area contributed by atoms with Gasteiger partial charge in [0.1, 0.15) is 12.4 Å². The van der Waals surface area contributed by atoms with Gasteiger partial charge < -0.3 is 9.15 Å². The molecule has 0 amide bonds. The normalized spacial score (nSPS) is 10.1. The number of esters is 1. The van der Waals surface area contributed by atoms with E-state index in [4.69, 9.17) is 9.15 Å². The van der Waals surface area contributed by atoms with E-state index in [2.05, 4.69) is 0 Å². The lowest BCUT2D eigenvalue weighted by molar-refractivity contribution is -0.384. The Kier molecular flexibility index (Phi) is 4.13. The first kappa shape index (κ1) is 14.4. The minimum Gasteiger partial charge on any atom is -0.452 e. The Hall–Kier alpha value is -2.96. The lowest BCUT2D eigenvalue weighted by Crippen LogP contribution is -2.10. The van der Waals surface area contributed by atoms with E-state index in [0.29, 0.717) is 11.3 Å². The fraction of sp³-hybridized carbons (Fsp3) is 0.143. The van der Waals surface area contributed by atoms with Crippen molar-refractivity contribution in [1.82, 2.24) is 0 Å². The molecule has 0 aliphatic carbocycles. The maximum absolute atomic E-state index is 11.6. The van der Waals surface area contributed by atoms with Gasteiger partial charge in [-0.15, -0.1) is 0 Å². The summed E-state index contributed by atoms with van der Waals surface area (Å²) < 4.78 is 10.0. The van der Waals surface area contributed by atoms with Gasteiger partial charge in [-0.3, -0.25) is 14.9 Å². The molecule has 0 saturated heterocycles. The molecule has 21 heavy (non-hydrogen) atoms. The summed E-state index contributed by atoms with van der Waals surface area (Å²) in [6.07, 6.45) is 0. The highest BCUT2D eigenvalue weighted by Crippen LogP contribution is 2.24. The van der Waals surface area contributed by atoms with Gasteiger partial charge in [-0.2, -0.15) is 0 Å². The van der Waals surface area contributed by atoms with Crippen molar-refractivity contribution >= 4 is 17.4 Å².